The second-order valence-electron chi connectivity index (χ2n) is 5.88. The second-order valence-corrected chi connectivity index (χ2v) is 5.88. The number of hydrogen-bond acceptors (Lipinski definition) is 6. The molecule has 1 amide bonds. The minimum absolute atomic E-state index is 0. The van der Waals surface area contributed by atoms with E-state index in [1.165, 1.54) is 4.80 Å². The molecular formula is C16H19ClN8O. The third-order valence-electron chi connectivity index (χ3n) is 4.20. The number of nitrogens with zero attached hydrogens (tertiary/aromatic N) is 6. The number of halogens is 1. The third-order valence-corrected chi connectivity index (χ3v) is 4.20. The van der Waals surface area contributed by atoms with Crippen LogP contribution in [0.1, 0.15) is 29.4 Å². The largest absolute Gasteiger partial charge is 0.321 e. The number of nitrogens with one attached hydrogen (secondary N) is 2. The van der Waals surface area contributed by atoms with Gasteiger partial charge in [-0.05, 0) is 50.2 Å². The Hall–Kier alpha value is -2.78. The maximum Gasteiger partial charge on any atom is 0.277 e. The van der Waals surface area contributed by atoms with Gasteiger partial charge in [-0.15, -0.1) is 17.5 Å². The fourth-order valence-electron chi connectivity index (χ4n) is 2.85. The molecular weight excluding hydrogens is 356 g/mol. The Morgan fingerprint density at radius 2 is 1.81 bits per heavy atom. The summed E-state index contributed by atoms with van der Waals surface area (Å²) >= 11 is 0. The van der Waals surface area contributed by atoms with Crippen molar-refractivity contribution in [2.45, 2.75) is 18.9 Å². The Labute approximate surface area is 156 Å². The molecule has 3 heterocycles. The van der Waals surface area contributed by atoms with E-state index < -0.39 is 0 Å². The minimum Gasteiger partial charge on any atom is -0.321 e. The summed E-state index contributed by atoms with van der Waals surface area (Å²) in [5.41, 5.74) is 1.81. The van der Waals surface area contributed by atoms with Crippen molar-refractivity contribution >= 4 is 24.0 Å². The highest BCUT2D eigenvalue weighted by atomic mass is 35.5. The maximum atomic E-state index is 12.4. The van der Waals surface area contributed by atoms with E-state index in [-0.39, 0.29) is 18.3 Å². The molecule has 2 N–H and O–H groups in total. The molecule has 0 bridgehead atoms. The van der Waals surface area contributed by atoms with Crippen LogP contribution in [0.5, 0.6) is 0 Å². The van der Waals surface area contributed by atoms with Crippen LogP contribution in [0.25, 0.3) is 5.69 Å². The second kappa shape index (κ2) is 8.07. The minimum atomic E-state index is -0.273. The molecule has 0 radical (unpaired) electrons. The van der Waals surface area contributed by atoms with Crippen LogP contribution < -0.4 is 10.6 Å². The number of carbonyl (C=O) groups excluding carboxylic acids is 1. The van der Waals surface area contributed by atoms with Crippen LogP contribution in [0.3, 0.4) is 0 Å². The van der Waals surface area contributed by atoms with Crippen LogP contribution in [0, 0.1) is 0 Å². The van der Waals surface area contributed by atoms with Crippen molar-refractivity contribution < 1.29 is 4.79 Å². The van der Waals surface area contributed by atoms with E-state index in [2.05, 4.69) is 31.1 Å². The van der Waals surface area contributed by atoms with Crippen molar-refractivity contribution in [2.75, 3.05) is 18.4 Å². The molecule has 1 aromatic carbocycles. The van der Waals surface area contributed by atoms with Crippen LogP contribution in [-0.4, -0.2) is 49.0 Å². The average Bonchev–Trinajstić information content (AvgIpc) is 3.35. The zero-order valence-corrected chi connectivity index (χ0v) is 14.8. The number of piperidine rings is 1. The summed E-state index contributed by atoms with van der Waals surface area (Å²) in [6, 6.07) is 7.57. The standard InChI is InChI=1S/C16H18N8O.ClH/c25-16(15-11-23(22-21-15)13-5-7-17-8-6-13)20-12-1-3-14(4-2-12)24-18-9-10-19-24;/h1-4,9-11,13,17H,5-8H2,(H,20,25);1H. The number of amides is 1. The molecule has 0 aliphatic carbocycles. The van der Waals surface area contributed by atoms with Crippen LogP contribution in [0.15, 0.2) is 42.9 Å². The van der Waals surface area contributed by atoms with E-state index in [1.807, 2.05) is 12.1 Å². The Morgan fingerprint density at radius 3 is 2.50 bits per heavy atom. The molecule has 0 spiro atoms. The van der Waals surface area contributed by atoms with E-state index in [0.29, 0.717) is 17.4 Å². The van der Waals surface area contributed by atoms with Gasteiger partial charge in [-0.3, -0.25) is 4.79 Å². The summed E-state index contributed by atoms with van der Waals surface area (Å²) in [6.07, 6.45) is 6.93. The number of hydrogen-bond donors (Lipinski definition) is 2. The molecule has 0 unspecified atom stereocenters. The molecule has 2 aromatic heterocycles. The first-order valence-electron chi connectivity index (χ1n) is 8.20. The van der Waals surface area contributed by atoms with E-state index in [0.717, 1.165) is 31.6 Å². The van der Waals surface area contributed by atoms with E-state index in [9.17, 15) is 4.79 Å². The summed E-state index contributed by atoms with van der Waals surface area (Å²) in [5, 5.41) is 22.4. The van der Waals surface area contributed by atoms with Crippen molar-refractivity contribution in [3.8, 4) is 5.69 Å². The van der Waals surface area contributed by atoms with Gasteiger partial charge in [-0.2, -0.15) is 15.0 Å². The highest BCUT2D eigenvalue weighted by Gasteiger charge is 2.18. The molecule has 1 fully saturated rings. The molecule has 9 nitrogen and oxygen atoms in total. The lowest BCUT2D eigenvalue weighted by molar-refractivity contribution is 0.102. The van der Waals surface area contributed by atoms with Crippen molar-refractivity contribution in [1.82, 2.24) is 35.3 Å². The number of aromatic nitrogens is 6. The molecule has 1 saturated heterocycles. The van der Waals surface area contributed by atoms with Gasteiger partial charge in [0, 0.05) is 5.69 Å². The third kappa shape index (κ3) is 3.89. The normalized spacial score (nSPS) is 14.6. The SMILES string of the molecule is Cl.O=C(Nc1ccc(-n2nccn2)cc1)c1cn(C2CCNCC2)nn1. The van der Waals surface area contributed by atoms with Crippen LogP contribution >= 0.6 is 12.4 Å². The van der Waals surface area contributed by atoms with Gasteiger partial charge in [-0.1, -0.05) is 5.21 Å². The van der Waals surface area contributed by atoms with Gasteiger partial charge in [0.2, 0.25) is 0 Å². The van der Waals surface area contributed by atoms with Crippen LogP contribution in [0.2, 0.25) is 0 Å². The average molecular weight is 375 g/mol. The Morgan fingerprint density at radius 1 is 1.12 bits per heavy atom. The number of rotatable bonds is 4. The number of carbonyl (C=O) groups is 1. The summed E-state index contributed by atoms with van der Waals surface area (Å²) in [6.45, 7) is 1.92. The van der Waals surface area contributed by atoms with Gasteiger partial charge < -0.3 is 10.6 Å². The fraction of sp³-hybridized carbons (Fsp3) is 0.312. The monoisotopic (exact) mass is 374 g/mol. The predicted molar refractivity (Wildman–Crippen MR) is 97.7 cm³/mol. The van der Waals surface area contributed by atoms with Crippen molar-refractivity contribution in [3.63, 3.8) is 0 Å². The van der Waals surface area contributed by atoms with Crippen molar-refractivity contribution in [3.05, 3.63) is 48.5 Å². The molecule has 3 aromatic rings. The lowest BCUT2D eigenvalue weighted by atomic mass is 10.1. The molecule has 0 atom stereocenters. The predicted octanol–water partition coefficient (Wildman–Crippen LogP) is 1.46. The fourth-order valence-corrected chi connectivity index (χ4v) is 2.85. The zero-order chi connectivity index (χ0) is 17.1. The van der Waals surface area contributed by atoms with Crippen molar-refractivity contribution in [2.24, 2.45) is 0 Å². The van der Waals surface area contributed by atoms with Gasteiger partial charge in [0.15, 0.2) is 5.69 Å². The van der Waals surface area contributed by atoms with Gasteiger partial charge in [-0.25, -0.2) is 4.68 Å². The summed E-state index contributed by atoms with van der Waals surface area (Å²) in [4.78, 5) is 13.9. The molecule has 4 rings (SSSR count). The van der Waals surface area contributed by atoms with E-state index in [1.54, 1.807) is 35.4 Å². The van der Waals surface area contributed by atoms with Gasteiger partial charge in [0.05, 0.1) is 30.3 Å². The Bertz CT molecular complexity index is 840. The first kappa shape index (κ1) is 18.0. The zero-order valence-electron chi connectivity index (χ0n) is 13.9. The summed E-state index contributed by atoms with van der Waals surface area (Å²) in [7, 11) is 0. The van der Waals surface area contributed by atoms with Crippen LogP contribution in [-0.2, 0) is 0 Å². The van der Waals surface area contributed by atoms with Crippen molar-refractivity contribution in [1.29, 1.82) is 0 Å². The summed E-state index contributed by atoms with van der Waals surface area (Å²) in [5.74, 6) is -0.273. The lowest BCUT2D eigenvalue weighted by Gasteiger charge is -2.22. The Kier molecular flexibility index (Phi) is 5.59. The Balaban J connectivity index is 0.00000196. The summed E-state index contributed by atoms with van der Waals surface area (Å²) < 4.78 is 1.79. The van der Waals surface area contributed by atoms with Crippen LogP contribution in [0.4, 0.5) is 5.69 Å². The first-order chi connectivity index (χ1) is 12.3. The molecule has 0 saturated carbocycles. The molecule has 136 valence electrons. The molecule has 1 aliphatic rings. The highest BCUT2D eigenvalue weighted by Crippen LogP contribution is 2.18. The maximum absolute atomic E-state index is 12.4. The quantitative estimate of drug-likeness (QED) is 0.716. The van der Waals surface area contributed by atoms with E-state index in [4.69, 9.17) is 0 Å². The molecule has 1 aliphatic heterocycles. The molecule has 26 heavy (non-hydrogen) atoms. The van der Waals surface area contributed by atoms with Gasteiger partial charge in [0.1, 0.15) is 0 Å². The lowest BCUT2D eigenvalue weighted by Crippen LogP contribution is -2.29. The number of benzene rings is 1. The number of anilines is 1. The first-order valence-corrected chi connectivity index (χ1v) is 8.20. The van der Waals surface area contributed by atoms with Gasteiger partial charge in [0.25, 0.3) is 5.91 Å². The smallest absolute Gasteiger partial charge is 0.277 e. The molecule has 10 heteroatoms. The van der Waals surface area contributed by atoms with Gasteiger partial charge >= 0.3 is 0 Å². The van der Waals surface area contributed by atoms with E-state index >= 15 is 0 Å². The highest BCUT2D eigenvalue weighted by molar-refractivity contribution is 6.02. The topological polar surface area (TPSA) is 103 Å².